The molecule has 2 aromatic heterocycles. The van der Waals surface area contributed by atoms with Gasteiger partial charge in [0.1, 0.15) is 18.1 Å². The lowest BCUT2D eigenvalue weighted by atomic mass is 9.92. The van der Waals surface area contributed by atoms with E-state index in [1.54, 1.807) is 24.4 Å². The van der Waals surface area contributed by atoms with E-state index in [4.69, 9.17) is 6.57 Å². The van der Waals surface area contributed by atoms with Gasteiger partial charge >= 0.3 is 6.18 Å². The van der Waals surface area contributed by atoms with Crippen LogP contribution in [0.1, 0.15) is 77.6 Å². The van der Waals surface area contributed by atoms with Crippen molar-refractivity contribution in [3.63, 3.8) is 0 Å². The van der Waals surface area contributed by atoms with Gasteiger partial charge in [0.05, 0.1) is 34.3 Å². The van der Waals surface area contributed by atoms with E-state index >= 15 is 4.39 Å². The van der Waals surface area contributed by atoms with Crippen molar-refractivity contribution in [3.8, 4) is 0 Å². The molecule has 5 saturated heterocycles. The van der Waals surface area contributed by atoms with Gasteiger partial charge in [-0.2, -0.15) is 13.2 Å². The molecule has 0 spiro atoms. The van der Waals surface area contributed by atoms with E-state index in [0.29, 0.717) is 23.0 Å². The molecule has 3 aromatic rings. The van der Waals surface area contributed by atoms with E-state index in [1.807, 2.05) is 12.1 Å². The second-order valence-corrected chi connectivity index (χ2v) is 18.6. The minimum Gasteiger partial charge on any atom is -0.371 e. The highest BCUT2D eigenvalue weighted by Gasteiger charge is 2.46. The monoisotopic (exact) mass is 927 g/mol. The maximum Gasteiger partial charge on any atom is 0.409 e. The van der Waals surface area contributed by atoms with Gasteiger partial charge in [-0.25, -0.2) is 9.37 Å². The number of hydrogen-bond acceptors (Lipinski definition) is 12. The lowest BCUT2D eigenvalue weighted by Gasteiger charge is -2.41. The number of benzene rings is 1. The Kier molecular flexibility index (Phi) is 12.9. The number of alkyl halides is 4. The first kappa shape index (κ1) is 45.9. The van der Waals surface area contributed by atoms with Gasteiger partial charge in [-0.1, -0.05) is 6.57 Å². The van der Waals surface area contributed by atoms with E-state index in [9.17, 15) is 37.1 Å². The summed E-state index contributed by atoms with van der Waals surface area (Å²) in [4.78, 5) is 86.8. The Hall–Kier alpha value is -6.20. The fourth-order valence-electron chi connectivity index (χ4n) is 10.4. The normalized spacial score (nSPS) is 22.5. The fraction of sp³-hybridized carbons (Fsp3) is 0.532. The third-order valence-electron chi connectivity index (χ3n) is 14.5. The Bertz CT molecular complexity index is 2430. The number of anilines is 4. The molecule has 16 nitrogen and oxygen atoms in total. The molecule has 354 valence electrons. The highest BCUT2D eigenvalue weighted by molar-refractivity contribution is 6.23. The van der Waals surface area contributed by atoms with Gasteiger partial charge in [0, 0.05) is 103 Å². The van der Waals surface area contributed by atoms with Crippen LogP contribution >= 0.6 is 0 Å². The molecule has 0 aliphatic carbocycles. The molecule has 2 N–H and O–H groups in total. The van der Waals surface area contributed by atoms with Crippen LogP contribution in [0.15, 0.2) is 48.8 Å². The van der Waals surface area contributed by atoms with Crippen molar-refractivity contribution >= 4 is 58.2 Å². The van der Waals surface area contributed by atoms with Crippen molar-refractivity contribution in [2.45, 2.75) is 69.3 Å². The lowest BCUT2D eigenvalue weighted by Crippen LogP contribution is -2.54. The first-order valence-corrected chi connectivity index (χ1v) is 23.1. The van der Waals surface area contributed by atoms with E-state index in [0.717, 1.165) is 113 Å². The molecule has 1 aromatic carbocycles. The first-order valence-electron chi connectivity index (χ1n) is 23.1. The smallest absolute Gasteiger partial charge is 0.371 e. The summed E-state index contributed by atoms with van der Waals surface area (Å²) in [6, 6.07) is 8.73. The summed E-state index contributed by atoms with van der Waals surface area (Å²) in [7, 11) is 0. The third-order valence-corrected chi connectivity index (χ3v) is 14.5. The van der Waals surface area contributed by atoms with E-state index in [2.05, 4.69) is 45.0 Å². The van der Waals surface area contributed by atoms with Gasteiger partial charge in [0.25, 0.3) is 23.5 Å². The Morgan fingerprint density at radius 3 is 1.87 bits per heavy atom. The number of nitrogens with one attached hydrogen (secondary N) is 2. The van der Waals surface area contributed by atoms with Crippen molar-refractivity contribution in [1.29, 1.82) is 0 Å². The molecule has 5 amide bonds. The molecule has 8 heterocycles. The minimum absolute atomic E-state index is 0.00366. The second kappa shape index (κ2) is 18.8. The summed E-state index contributed by atoms with van der Waals surface area (Å²) in [5.74, 6) is -2.22. The fourth-order valence-corrected chi connectivity index (χ4v) is 10.4. The quantitative estimate of drug-likeness (QED) is 0.157. The van der Waals surface area contributed by atoms with Crippen molar-refractivity contribution in [2.75, 3.05) is 98.6 Å². The maximum absolute atomic E-state index is 15.8. The van der Waals surface area contributed by atoms with Gasteiger partial charge in [-0.15, -0.1) is 4.98 Å². The van der Waals surface area contributed by atoms with Crippen LogP contribution in [-0.2, 0) is 20.6 Å². The maximum atomic E-state index is 15.8. The van der Waals surface area contributed by atoms with E-state index in [-0.39, 0.29) is 50.3 Å². The predicted octanol–water partition coefficient (Wildman–Crippen LogP) is 5.15. The third kappa shape index (κ3) is 9.80. The molecule has 0 bridgehead atoms. The molecule has 9 rings (SSSR count). The van der Waals surface area contributed by atoms with Crippen LogP contribution in [-0.4, -0.2) is 144 Å². The highest BCUT2D eigenvalue weighted by atomic mass is 19.4. The zero-order valence-corrected chi connectivity index (χ0v) is 37.1. The van der Waals surface area contributed by atoms with Crippen molar-refractivity contribution < 1.29 is 41.5 Å². The molecule has 0 radical (unpaired) electrons. The summed E-state index contributed by atoms with van der Waals surface area (Å²) in [5.41, 5.74) is -0.846. The summed E-state index contributed by atoms with van der Waals surface area (Å²) in [5, 5.41) is 4.83. The number of fused-ring (bicyclic) bond motifs is 1. The predicted molar refractivity (Wildman–Crippen MR) is 240 cm³/mol. The SMILES string of the molecule is [C-]#[N+]c1ncc(N2CCC(F)(C(=O)Nc3ccc(N4CCC(CN5CCN(CC6CCN(c7ccc8c(c7)C(=O)N(C7CCC(=O)NC7=O)C8=O)CC6)CC5)CC4)cn3)CC2)cc1C(F)(F)F. The average Bonchev–Trinajstić information content (AvgIpc) is 3.57. The Morgan fingerprint density at radius 1 is 0.731 bits per heavy atom. The number of nitrogens with zero attached hydrogens (tertiary/aromatic N) is 9. The number of piperazine rings is 1. The Balaban J connectivity index is 0.668. The summed E-state index contributed by atoms with van der Waals surface area (Å²) in [6.45, 7) is 16.7. The summed E-state index contributed by atoms with van der Waals surface area (Å²) < 4.78 is 56.2. The molecule has 1 unspecified atom stereocenters. The largest absolute Gasteiger partial charge is 0.409 e. The van der Waals surface area contributed by atoms with Gasteiger partial charge in [0.2, 0.25) is 11.8 Å². The summed E-state index contributed by atoms with van der Waals surface area (Å²) >= 11 is 0. The van der Waals surface area contributed by atoms with Gasteiger partial charge in [-0.05, 0) is 80.3 Å². The molecule has 67 heavy (non-hydrogen) atoms. The van der Waals surface area contributed by atoms with Gasteiger partial charge in [-0.3, -0.25) is 34.2 Å². The highest BCUT2D eigenvalue weighted by Crippen LogP contribution is 2.39. The van der Waals surface area contributed by atoms with Gasteiger partial charge < -0.3 is 34.7 Å². The van der Waals surface area contributed by atoms with E-state index in [1.165, 1.54) is 11.1 Å². The number of carbonyl (C=O) groups excluding carboxylic acids is 5. The molecule has 6 aliphatic heterocycles. The number of imide groups is 2. The van der Waals surface area contributed by atoms with Crippen molar-refractivity contribution in [2.24, 2.45) is 11.8 Å². The van der Waals surface area contributed by atoms with Gasteiger partial charge in [0.15, 0.2) is 5.67 Å². The van der Waals surface area contributed by atoms with Crippen LogP contribution in [0.2, 0.25) is 0 Å². The number of amides is 5. The van der Waals surface area contributed by atoms with Crippen LogP contribution in [0.25, 0.3) is 4.85 Å². The number of rotatable bonds is 10. The first-order chi connectivity index (χ1) is 32.2. The van der Waals surface area contributed by atoms with E-state index < -0.39 is 58.8 Å². The zero-order chi connectivity index (χ0) is 47.0. The molecule has 0 saturated carbocycles. The molecule has 5 fully saturated rings. The lowest BCUT2D eigenvalue weighted by molar-refractivity contribution is -0.137. The number of carbonyl (C=O) groups is 5. The summed E-state index contributed by atoms with van der Waals surface area (Å²) in [6.07, 6.45) is 1.98. The number of piperidine rings is 4. The molecular weight excluding hydrogens is 875 g/mol. The van der Waals surface area contributed by atoms with Crippen LogP contribution in [0, 0.1) is 18.4 Å². The molecule has 1 atom stereocenters. The number of hydrogen-bond donors (Lipinski definition) is 2. The minimum atomic E-state index is -4.76. The van der Waals surface area contributed by atoms with Crippen molar-refractivity contribution in [1.82, 2.24) is 30.0 Å². The molecular formula is C47H53F4N11O5. The Labute approximate surface area is 385 Å². The van der Waals surface area contributed by atoms with Crippen LogP contribution < -0.4 is 25.3 Å². The second-order valence-electron chi connectivity index (χ2n) is 18.6. The van der Waals surface area contributed by atoms with Crippen molar-refractivity contribution in [3.05, 3.63) is 76.9 Å². The number of aromatic nitrogens is 2. The van der Waals surface area contributed by atoms with Crippen LogP contribution in [0.3, 0.4) is 0 Å². The van der Waals surface area contributed by atoms with Crippen LogP contribution in [0.5, 0.6) is 0 Å². The molecule has 6 aliphatic rings. The standard InChI is InChI=1S/C47H53F4N11O5/c1-52-41-37(47(49,50)51)25-34(27-54-41)61-18-12-46(48,13-19-61)45(67)55-39-6-3-33(26-53-39)60-16-10-31(11-17-60)29-58-22-20-57(21-23-58)28-30-8-14-59(15-9-30)32-2-4-35-36(24-32)44(66)62(43(35)65)38-5-7-40(63)56-42(38)64/h2-4,6,24-27,30-31,38H,5,7-23,28-29H2,(H,53,55,67)(H,56,63,64). The number of halogens is 4. The number of pyridine rings is 2. The zero-order valence-electron chi connectivity index (χ0n) is 37.1. The molecule has 20 heteroatoms. The van der Waals surface area contributed by atoms with Crippen LogP contribution in [0.4, 0.5) is 46.3 Å². The Morgan fingerprint density at radius 2 is 1.30 bits per heavy atom. The average molecular weight is 928 g/mol. The topological polar surface area (TPSA) is 159 Å².